The number of methoxy groups -OCH3 is 7. The molecule has 0 saturated carbocycles. The Morgan fingerprint density at radius 3 is 1.47 bits per heavy atom. The summed E-state index contributed by atoms with van der Waals surface area (Å²) >= 11 is 0. The third kappa shape index (κ3) is 26.5. The molecule has 0 radical (unpaired) electrons. The fourth-order valence-electron chi connectivity index (χ4n) is 8.56. The number of aryl methyl sites for hydroxylation is 1. The lowest BCUT2D eigenvalue weighted by Crippen LogP contribution is -2.27. The molecular weight excluding hydrogens is 1080 g/mol. The highest BCUT2D eigenvalue weighted by molar-refractivity contribution is 6.10. The van der Waals surface area contributed by atoms with Crippen molar-refractivity contribution >= 4 is 11.7 Å². The first-order valence-corrected chi connectivity index (χ1v) is 29.8. The van der Waals surface area contributed by atoms with E-state index in [9.17, 15) is 9.59 Å². The van der Waals surface area contributed by atoms with Crippen molar-refractivity contribution in [3.05, 3.63) is 142 Å². The van der Waals surface area contributed by atoms with Gasteiger partial charge in [0.2, 0.25) is 18.4 Å². The monoisotopic (exact) mass is 1190 g/mol. The van der Waals surface area contributed by atoms with E-state index in [1.807, 2.05) is 94.5 Å². The van der Waals surface area contributed by atoms with Gasteiger partial charge in [0.05, 0.1) is 42.7 Å². The standard InChI is InChI=1S/C18H26O.C17H25NO4.2C12H18O2.C11H16O.C2H6O.C2H6/c1-13-10-8-9-11-14(13)16(19)15(18(5,6)7)12-17(2,3)4;1-11(19)18(5)8-7-12-9-13-15(22-10-21-13)16(20-6)14(12)17(2,3)4;1-12(2,3)10-7-6-9(13-4)8-11(10)14-5;1-12(2,3)9-6-7-10(13-4)11(8-9)14-5;1-11(2,3)9-5-7-10(12-4)8-6-9;1-3-2;1-2/h8-12H,1-7H3;9H,7-8,10H2,1-6H3;2*6-8H,1-5H3;5-8H,1-4H3;1-2H3;1-2H3. The molecule has 12 nitrogen and oxygen atoms in total. The number of carbonyl (C=O) groups excluding carboxylic acids is 2. The Kier molecular flexibility index (Phi) is 33.1. The van der Waals surface area contributed by atoms with Gasteiger partial charge in [0.15, 0.2) is 28.8 Å². The van der Waals surface area contributed by atoms with E-state index >= 15 is 0 Å². The molecule has 0 aromatic heterocycles. The van der Waals surface area contributed by atoms with Crippen LogP contribution in [0.3, 0.4) is 0 Å². The Morgan fingerprint density at radius 2 is 1.05 bits per heavy atom. The molecule has 0 aliphatic carbocycles. The van der Waals surface area contributed by atoms with Crippen LogP contribution in [0, 0.1) is 17.8 Å². The van der Waals surface area contributed by atoms with Crippen LogP contribution < -0.4 is 37.9 Å². The summed E-state index contributed by atoms with van der Waals surface area (Å²) in [4.78, 5) is 25.9. The van der Waals surface area contributed by atoms with Gasteiger partial charge in [-0.2, -0.15) is 0 Å². The summed E-state index contributed by atoms with van der Waals surface area (Å²) in [6.45, 7) is 47.2. The van der Waals surface area contributed by atoms with Gasteiger partial charge in [-0.25, -0.2) is 0 Å². The van der Waals surface area contributed by atoms with Crippen molar-refractivity contribution in [2.24, 2.45) is 10.8 Å². The Bertz CT molecular complexity index is 2840. The van der Waals surface area contributed by atoms with E-state index in [-0.39, 0.29) is 51.0 Å². The molecule has 0 bridgehead atoms. The SMILES string of the molecule is CC.COC.COc1c2c(cc(CCN(C)C(C)=O)c1C(C)(C)C)OCO2.COc1ccc(C(C)(C)C)c(OC)c1.COc1ccc(C(C)(C)C)cc1.COc1ccc(C(C)(C)C)cc1OC.Cc1ccccc1C(=O)C(=CC(C)(C)C)C(C)(C)C. The number of amides is 1. The molecule has 1 heterocycles. The summed E-state index contributed by atoms with van der Waals surface area (Å²) in [5, 5.41) is 0. The van der Waals surface area contributed by atoms with Crippen LogP contribution in [0.1, 0.15) is 189 Å². The molecule has 1 amide bonds. The minimum absolute atomic E-state index is 0.000951. The van der Waals surface area contributed by atoms with Crippen molar-refractivity contribution in [1.82, 2.24) is 4.90 Å². The minimum Gasteiger partial charge on any atom is -0.497 e. The second-order valence-electron chi connectivity index (χ2n) is 27.0. The Labute approximate surface area is 522 Å². The van der Waals surface area contributed by atoms with Crippen LogP contribution in [0.5, 0.6) is 46.0 Å². The normalized spacial score (nSPS) is 11.9. The van der Waals surface area contributed by atoms with Crippen molar-refractivity contribution in [2.75, 3.05) is 77.3 Å². The predicted molar refractivity (Wildman–Crippen MR) is 360 cm³/mol. The van der Waals surface area contributed by atoms with Crippen molar-refractivity contribution in [2.45, 2.75) is 180 Å². The number of nitrogens with zero attached hydrogens (tertiary/aromatic N) is 1. The molecule has 5 aromatic rings. The fourth-order valence-corrected chi connectivity index (χ4v) is 8.56. The zero-order valence-corrected chi connectivity index (χ0v) is 59.3. The molecular formula is C74H115NO11. The van der Waals surface area contributed by atoms with Crippen LogP contribution in [0.25, 0.3) is 0 Å². The average Bonchev–Trinajstić information content (AvgIpc) is 2.50. The number of likely N-dealkylation sites (N-methyl/N-ethyl adjacent to an activating group) is 1. The van der Waals surface area contributed by atoms with Crippen LogP contribution in [-0.2, 0) is 37.6 Å². The van der Waals surface area contributed by atoms with E-state index in [2.05, 4.69) is 160 Å². The predicted octanol–water partition coefficient (Wildman–Crippen LogP) is 18.2. The van der Waals surface area contributed by atoms with Gasteiger partial charge in [-0.15, -0.1) is 0 Å². The van der Waals surface area contributed by atoms with Crippen LogP contribution in [-0.4, -0.2) is 93.9 Å². The molecule has 6 rings (SSSR count). The quantitative estimate of drug-likeness (QED) is 0.0928. The van der Waals surface area contributed by atoms with E-state index in [1.54, 1.807) is 68.7 Å². The lowest BCUT2D eigenvalue weighted by molar-refractivity contribution is -0.127. The molecule has 0 fully saturated rings. The lowest BCUT2D eigenvalue weighted by atomic mass is 9.77. The topological polar surface area (TPSA) is 120 Å². The number of ketones is 1. The van der Waals surface area contributed by atoms with Crippen LogP contribution >= 0.6 is 0 Å². The van der Waals surface area contributed by atoms with E-state index in [1.165, 1.54) is 16.7 Å². The zero-order valence-electron chi connectivity index (χ0n) is 59.3. The van der Waals surface area contributed by atoms with Gasteiger partial charge in [0, 0.05) is 57.5 Å². The number of hydrogen-bond donors (Lipinski definition) is 0. The van der Waals surface area contributed by atoms with Crippen molar-refractivity contribution in [3.8, 4) is 46.0 Å². The summed E-state index contributed by atoms with van der Waals surface area (Å²) in [6, 6.07) is 30.0. The molecule has 5 aromatic carbocycles. The summed E-state index contributed by atoms with van der Waals surface area (Å²) in [5.41, 5.74) is 8.98. The van der Waals surface area contributed by atoms with E-state index in [0.717, 1.165) is 68.7 Å². The van der Waals surface area contributed by atoms with Crippen molar-refractivity contribution < 1.29 is 52.2 Å². The number of ether oxygens (including phenoxy) is 9. The lowest BCUT2D eigenvalue weighted by Gasteiger charge is -2.27. The van der Waals surface area contributed by atoms with Gasteiger partial charge >= 0.3 is 0 Å². The first-order valence-electron chi connectivity index (χ1n) is 29.8. The molecule has 482 valence electrons. The fraction of sp³-hybridized carbons (Fsp3) is 0.541. The Morgan fingerprint density at radius 1 is 0.547 bits per heavy atom. The third-order valence-corrected chi connectivity index (χ3v) is 13.4. The average molecular weight is 1190 g/mol. The second-order valence-corrected chi connectivity index (χ2v) is 27.0. The van der Waals surface area contributed by atoms with E-state index in [0.29, 0.717) is 18.0 Å². The van der Waals surface area contributed by atoms with Crippen LogP contribution in [0.4, 0.5) is 0 Å². The molecule has 0 unspecified atom stereocenters. The Balaban J connectivity index is 0.00000105. The molecule has 0 saturated heterocycles. The van der Waals surface area contributed by atoms with Gasteiger partial charge in [-0.1, -0.05) is 193 Å². The molecule has 0 atom stereocenters. The van der Waals surface area contributed by atoms with Gasteiger partial charge in [-0.05, 0) is 110 Å². The number of Topliss-reactive ketones (excluding diaryl/α,β-unsaturated/α-hetero) is 1. The number of allylic oxidation sites excluding steroid dienone is 2. The smallest absolute Gasteiger partial charge is 0.231 e. The van der Waals surface area contributed by atoms with Gasteiger partial charge in [-0.3, -0.25) is 9.59 Å². The summed E-state index contributed by atoms with van der Waals surface area (Å²) in [7, 11) is 15.0. The number of fused-ring (bicyclic) bond motifs is 1. The van der Waals surface area contributed by atoms with Gasteiger partial charge in [0.1, 0.15) is 17.2 Å². The van der Waals surface area contributed by atoms with E-state index < -0.39 is 0 Å². The highest BCUT2D eigenvalue weighted by atomic mass is 16.7. The van der Waals surface area contributed by atoms with Gasteiger partial charge < -0.3 is 47.5 Å². The Hall–Kier alpha value is -6.66. The number of hydrogen-bond acceptors (Lipinski definition) is 11. The summed E-state index contributed by atoms with van der Waals surface area (Å²) < 4.78 is 46.9. The third-order valence-electron chi connectivity index (χ3n) is 13.4. The minimum atomic E-state index is -0.146. The largest absolute Gasteiger partial charge is 0.497 e. The molecule has 0 N–H and O–H groups in total. The summed E-state index contributed by atoms with van der Waals surface area (Å²) in [5.74, 6) is 6.55. The number of benzene rings is 5. The van der Waals surface area contributed by atoms with Crippen molar-refractivity contribution in [3.63, 3.8) is 0 Å². The van der Waals surface area contributed by atoms with Gasteiger partial charge in [0.25, 0.3) is 0 Å². The molecule has 0 spiro atoms. The van der Waals surface area contributed by atoms with Crippen molar-refractivity contribution in [1.29, 1.82) is 0 Å². The highest BCUT2D eigenvalue weighted by Gasteiger charge is 2.32. The zero-order chi connectivity index (χ0) is 66.8. The maximum Gasteiger partial charge on any atom is 0.231 e. The maximum atomic E-state index is 12.8. The molecule has 12 heteroatoms. The first-order chi connectivity index (χ1) is 39.7. The highest BCUT2D eigenvalue weighted by Crippen LogP contribution is 2.49. The second kappa shape index (κ2) is 35.8. The first kappa shape index (κ1) is 79.3. The molecule has 1 aliphatic rings. The molecule has 86 heavy (non-hydrogen) atoms. The summed E-state index contributed by atoms with van der Waals surface area (Å²) in [6.07, 6.45) is 2.86. The molecule has 1 aliphatic heterocycles. The number of carbonyl (C=O) groups is 2. The van der Waals surface area contributed by atoms with E-state index in [4.69, 9.17) is 37.9 Å². The number of rotatable bonds is 11. The van der Waals surface area contributed by atoms with Crippen LogP contribution in [0.15, 0.2) is 103 Å². The van der Waals surface area contributed by atoms with Crippen LogP contribution in [0.2, 0.25) is 0 Å². The maximum absolute atomic E-state index is 12.8.